The Hall–Kier alpha value is -1.70. The molecule has 0 amide bonds. The van der Waals surface area contributed by atoms with Gasteiger partial charge >= 0.3 is 0 Å². The highest BCUT2D eigenvalue weighted by Crippen LogP contribution is 2.00. The van der Waals surface area contributed by atoms with E-state index in [1.165, 1.54) is 6.20 Å². The summed E-state index contributed by atoms with van der Waals surface area (Å²) in [4.78, 5) is 3.53. The van der Waals surface area contributed by atoms with Crippen LogP contribution in [-0.4, -0.2) is 12.4 Å². The minimum absolute atomic E-state index is 0.447. The van der Waals surface area contributed by atoms with Crippen LogP contribution >= 0.6 is 0 Å². The van der Waals surface area contributed by atoms with E-state index < -0.39 is 0 Å². The molecule has 2 heteroatoms. The van der Waals surface area contributed by atoms with Gasteiger partial charge in [-0.25, -0.2) is 0 Å². The van der Waals surface area contributed by atoms with Crippen LogP contribution in [0.3, 0.4) is 0 Å². The van der Waals surface area contributed by atoms with Gasteiger partial charge in [-0.05, 0) is 18.4 Å². The fraction of sp³-hybridized carbons (Fsp3) is 0. The van der Waals surface area contributed by atoms with Crippen molar-refractivity contribution in [3.63, 3.8) is 0 Å². The Balaban J connectivity index is 2.79. The van der Waals surface area contributed by atoms with Crippen molar-refractivity contribution in [1.82, 2.24) is 0 Å². The highest BCUT2D eigenvalue weighted by atomic mass is 14.6. The van der Waals surface area contributed by atoms with Gasteiger partial charge < -0.3 is 5.41 Å². The zero-order chi connectivity index (χ0) is 8.81. The van der Waals surface area contributed by atoms with E-state index in [0.717, 1.165) is 5.56 Å². The Kier molecular flexibility index (Phi) is 2.96. The fourth-order valence-electron chi connectivity index (χ4n) is 0.841. The van der Waals surface area contributed by atoms with Crippen LogP contribution in [0.25, 0.3) is 0 Å². The number of aliphatic imine (C=N–C) groups is 1. The summed E-state index contributed by atoms with van der Waals surface area (Å²) in [7, 11) is 0. The molecule has 2 nitrogen and oxygen atoms in total. The lowest BCUT2D eigenvalue weighted by Gasteiger charge is -1.95. The van der Waals surface area contributed by atoms with E-state index in [2.05, 4.69) is 11.7 Å². The van der Waals surface area contributed by atoms with E-state index in [9.17, 15) is 0 Å². The molecule has 0 saturated heterocycles. The number of nitrogens with zero attached hydrogens (tertiary/aromatic N) is 1. The summed E-state index contributed by atoms with van der Waals surface area (Å²) in [5, 5.41) is 7.56. The van der Waals surface area contributed by atoms with Gasteiger partial charge in [0.25, 0.3) is 0 Å². The minimum atomic E-state index is 0.447. The van der Waals surface area contributed by atoms with Gasteiger partial charge in [-0.2, -0.15) is 0 Å². The molecule has 60 valence electrons. The first-order valence-electron chi connectivity index (χ1n) is 3.61. The van der Waals surface area contributed by atoms with Crippen molar-refractivity contribution in [2.75, 3.05) is 0 Å². The van der Waals surface area contributed by atoms with Crippen LogP contribution in [0.4, 0.5) is 0 Å². The largest absolute Gasteiger partial charge is 0.300 e. The number of hydrogen-bond donors (Lipinski definition) is 1. The highest BCUT2D eigenvalue weighted by Gasteiger charge is 1.92. The Morgan fingerprint density at radius 1 is 1.33 bits per heavy atom. The molecule has 0 aliphatic heterocycles. The van der Waals surface area contributed by atoms with E-state index >= 15 is 0 Å². The van der Waals surface area contributed by atoms with E-state index in [1.54, 1.807) is 6.08 Å². The van der Waals surface area contributed by atoms with Gasteiger partial charge in [-0.3, -0.25) is 4.99 Å². The second kappa shape index (κ2) is 4.23. The van der Waals surface area contributed by atoms with Gasteiger partial charge in [0.2, 0.25) is 0 Å². The summed E-state index contributed by atoms with van der Waals surface area (Å²) < 4.78 is 0. The number of nitrogens with one attached hydrogen (secondary N) is 1. The van der Waals surface area contributed by atoms with Crippen molar-refractivity contribution in [1.29, 1.82) is 5.41 Å². The van der Waals surface area contributed by atoms with Crippen molar-refractivity contribution in [2.24, 2.45) is 4.99 Å². The molecular formula is C10H10N2. The summed E-state index contributed by atoms with van der Waals surface area (Å²) >= 11 is 0. The third-order valence-corrected chi connectivity index (χ3v) is 1.43. The quantitative estimate of drug-likeness (QED) is 0.655. The first-order chi connectivity index (χ1) is 5.84. The van der Waals surface area contributed by atoms with E-state index in [-0.39, 0.29) is 0 Å². The first-order valence-corrected chi connectivity index (χ1v) is 3.61. The molecule has 1 aromatic rings. The predicted octanol–water partition coefficient (Wildman–Crippen LogP) is 2.27. The molecule has 1 rings (SSSR count). The van der Waals surface area contributed by atoms with Crippen molar-refractivity contribution >= 4 is 12.4 Å². The van der Waals surface area contributed by atoms with E-state index in [1.807, 2.05) is 30.3 Å². The zero-order valence-electron chi connectivity index (χ0n) is 6.70. The Labute approximate surface area is 71.8 Å². The van der Waals surface area contributed by atoms with Crippen LogP contribution in [0, 0.1) is 5.41 Å². The predicted molar refractivity (Wildman–Crippen MR) is 52.0 cm³/mol. The van der Waals surface area contributed by atoms with Gasteiger partial charge in [0.05, 0.1) is 5.71 Å². The Bertz CT molecular complexity index is 299. The number of rotatable bonds is 3. The summed E-state index contributed by atoms with van der Waals surface area (Å²) in [6.45, 7) is 3.29. The van der Waals surface area contributed by atoms with Crippen LogP contribution < -0.4 is 0 Å². The average Bonchev–Trinajstić information content (AvgIpc) is 2.15. The molecule has 0 radical (unpaired) electrons. The van der Waals surface area contributed by atoms with Crippen molar-refractivity contribution in [3.8, 4) is 0 Å². The molecule has 0 heterocycles. The molecule has 0 saturated carbocycles. The van der Waals surface area contributed by atoms with Crippen LogP contribution in [0.1, 0.15) is 5.56 Å². The number of hydrogen-bond acceptors (Lipinski definition) is 2. The normalized spacial score (nSPS) is 10.0. The maximum Gasteiger partial charge on any atom is 0.0627 e. The lowest BCUT2D eigenvalue weighted by molar-refractivity contribution is 1.48. The SMILES string of the molecule is C=N/C=C\C(=N)c1ccccc1. The topological polar surface area (TPSA) is 36.2 Å². The molecule has 0 fully saturated rings. The number of allylic oxidation sites excluding steroid dienone is 1. The standard InChI is InChI=1S/C10H10N2/c1-12-8-7-10(11)9-5-3-2-4-6-9/h2-8,11H,1H2/b8-7-,11-10?. The van der Waals surface area contributed by atoms with E-state index in [0.29, 0.717) is 5.71 Å². The van der Waals surface area contributed by atoms with Gasteiger partial charge in [-0.1, -0.05) is 30.3 Å². The lowest BCUT2D eigenvalue weighted by Crippen LogP contribution is -1.92. The van der Waals surface area contributed by atoms with Gasteiger partial charge in [0, 0.05) is 6.20 Å². The summed E-state index contributed by atoms with van der Waals surface area (Å²) in [6.07, 6.45) is 3.12. The molecule has 0 atom stereocenters. The summed E-state index contributed by atoms with van der Waals surface area (Å²) in [5.41, 5.74) is 1.33. The molecule has 0 unspecified atom stereocenters. The van der Waals surface area contributed by atoms with Crippen LogP contribution in [0.15, 0.2) is 47.6 Å². The second-order valence-electron chi connectivity index (χ2n) is 2.28. The molecule has 0 aliphatic rings. The van der Waals surface area contributed by atoms with Gasteiger partial charge in [0.1, 0.15) is 0 Å². The highest BCUT2D eigenvalue weighted by molar-refractivity contribution is 6.06. The molecule has 1 N–H and O–H groups in total. The first kappa shape index (κ1) is 8.40. The maximum atomic E-state index is 7.56. The lowest BCUT2D eigenvalue weighted by atomic mass is 10.1. The Morgan fingerprint density at radius 2 is 2.00 bits per heavy atom. The van der Waals surface area contributed by atoms with Gasteiger partial charge in [0.15, 0.2) is 0 Å². The fourth-order valence-corrected chi connectivity index (χ4v) is 0.841. The van der Waals surface area contributed by atoms with Crippen molar-refractivity contribution in [2.45, 2.75) is 0 Å². The number of benzene rings is 1. The van der Waals surface area contributed by atoms with Crippen LogP contribution in [0.2, 0.25) is 0 Å². The van der Waals surface area contributed by atoms with Gasteiger partial charge in [-0.15, -0.1) is 0 Å². The minimum Gasteiger partial charge on any atom is -0.300 e. The maximum absolute atomic E-state index is 7.56. The zero-order valence-corrected chi connectivity index (χ0v) is 6.70. The summed E-state index contributed by atoms with van der Waals surface area (Å²) in [5.74, 6) is 0. The molecule has 0 spiro atoms. The molecule has 0 aliphatic carbocycles. The summed E-state index contributed by atoms with van der Waals surface area (Å²) in [6, 6.07) is 9.50. The Morgan fingerprint density at radius 3 is 2.58 bits per heavy atom. The molecular weight excluding hydrogens is 148 g/mol. The smallest absolute Gasteiger partial charge is 0.0627 e. The molecule has 12 heavy (non-hydrogen) atoms. The van der Waals surface area contributed by atoms with Crippen LogP contribution in [-0.2, 0) is 0 Å². The molecule has 0 aromatic heterocycles. The van der Waals surface area contributed by atoms with Crippen molar-refractivity contribution < 1.29 is 0 Å². The third kappa shape index (κ3) is 2.16. The third-order valence-electron chi connectivity index (χ3n) is 1.43. The average molecular weight is 158 g/mol. The molecule has 0 bridgehead atoms. The second-order valence-corrected chi connectivity index (χ2v) is 2.28. The van der Waals surface area contributed by atoms with E-state index in [4.69, 9.17) is 5.41 Å². The monoisotopic (exact) mass is 158 g/mol. The van der Waals surface area contributed by atoms with Crippen molar-refractivity contribution in [3.05, 3.63) is 48.2 Å². The molecule has 1 aromatic carbocycles. The van der Waals surface area contributed by atoms with Crippen LogP contribution in [0.5, 0.6) is 0 Å².